The molecule has 2 unspecified atom stereocenters. The Hall–Kier alpha value is -1.42. The van der Waals surface area contributed by atoms with Gasteiger partial charge in [0.05, 0.1) is 0 Å². The lowest BCUT2D eigenvalue weighted by Crippen LogP contribution is -2.46. The van der Waals surface area contributed by atoms with Gasteiger partial charge in [0.2, 0.25) is 23.6 Å². The van der Waals surface area contributed by atoms with E-state index in [0.29, 0.717) is 0 Å². The van der Waals surface area contributed by atoms with Gasteiger partial charge >= 0.3 is 0 Å². The molecule has 0 spiro atoms. The van der Waals surface area contributed by atoms with Crippen molar-refractivity contribution in [1.82, 2.24) is 20.4 Å². The molecule has 4 amide bonds. The Morgan fingerprint density at radius 2 is 1.04 bits per heavy atom. The maximum absolute atomic E-state index is 12.0. The number of carbonyl (C=O) groups is 4. The summed E-state index contributed by atoms with van der Waals surface area (Å²) in [7, 11) is 6.24. The van der Waals surface area contributed by atoms with Crippen LogP contribution in [0.2, 0.25) is 0 Å². The number of nitrogens with one attached hydrogen (secondary N) is 2. The SMILES string of the molecule is CN(C)C(=O)C(CS)C(=O)NCCNC(=O)C(CS)C(=O)N(C)C. The van der Waals surface area contributed by atoms with Crippen LogP contribution in [0.3, 0.4) is 0 Å². The van der Waals surface area contributed by atoms with E-state index in [1.165, 1.54) is 9.80 Å². The van der Waals surface area contributed by atoms with Crippen LogP contribution in [0.1, 0.15) is 0 Å². The molecule has 0 aromatic rings. The zero-order valence-electron chi connectivity index (χ0n) is 14.4. The fourth-order valence-corrected chi connectivity index (χ4v) is 2.43. The monoisotopic (exact) mass is 378 g/mol. The zero-order chi connectivity index (χ0) is 18.9. The van der Waals surface area contributed by atoms with Gasteiger partial charge in [-0.25, -0.2) is 0 Å². The molecule has 0 saturated carbocycles. The molecule has 0 aliphatic carbocycles. The fraction of sp³-hybridized carbons (Fsp3) is 0.714. The van der Waals surface area contributed by atoms with E-state index in [2.05, 4.69) is 35.9 Å². The Morgan fingerprint density at radius 1 is 0.750 bits per heavy atom. The molecule has 2 atom stereocenters. The van der Waals surface area contributed by atoms with E-state index in [-0.39, 0.29) is 36.4 Å². The summed E-state index contributed by atoms with van der Waals surface area (Å²) >= 11 is 8.04. The molecule has 0 rings (SSSR count). The highest BCUT2D eigenvalue weighted by Gasteiger charge is 2.27. The van der Waals surface area contributed by atoms with Gasteiger partial charge < -0.3 is 20.4 Å². The van der Waals surface area contributed by atoms with Crippen LogP contribution in [-0.2, 0) is 19.2 Å². The fourth-order valence-electron chi connectivity index (χ4n) is 1.79. The first-order valence-corrected chi connectivity index (χ1v) is 8.63. The number of hydrogen-bond donors (Lipinski definition) is 4. The molecule has 2 N–H and O–H groups in total. The predicted octanol–water partition coefficient (Wildman–Crippen LogP) is -1.51. The Labute approximate surface area is 153 Å². The first kappa shape index (κ1) is 22.6. The van der Waals surface area contributed by atoms with E-state index in [4.69, 9.17) is 0 Å². The topological polar surface area (TPSA) is 98.8 Å². The van der Waals surface area contributed by atoms with Gasteiger partial charge in [-0.15, -0.1) is 0 Å². The predicted molar refractivity (Wildman–Crippen MR) is 98.1 cm³/mol. The zero-order valence-corrected chi connectivity index (χ0v) is 16.2. The number of thiol groups is 2. The van der Waals surface area contributed by atoms with Gasteiger partial charge in [-0.3, -0.25) is 19.2 Å². The molecule has 0 aliphatic rings. The number of amides is 4. The summed E-state index contributed by atoms with van der Waals surface area (Å²) in [5.41, 5.74) is 0. The molecular formula is C14H26N4O4S2. The minimum absolute atomic E-state index is 0.0915. The first-order chi connectivity index (χ1) is 11.2. The van der Waals surface area contributed by atoms with E-state index in [0.717, 1.165) is 0 Å². The molecule has 0 bridgehead atoms. The van der Waals surface area contributed by atoms with Crippen LogP contribution in [0.15, 0.2) is 0 Å². The third-order valence-electron chi connectivity index (χ3n) is 3.20. The van der Waals surface area contributed by atoms with Gasteiger partial charge in [0.15, 0.2) is 0 Å². The van der Waals surface area contributed by atoms with E-state index >= 15 is 0 Å². The molecule has 0 aromatic heterocycles. The minimum Gasteiger partial charge on any atom is -0.354 e. The Bertz CT molecular complexity index is 430. The van der Waals surface area contributed by atoms with Crippen molar-refractivity contribution in [2.75, 3.05) is 52.8 Å². The van der Waals surface area contributed by atoms with Crippen LogP contribution < -0.4 is 10.6 Å². The van der Waals surface area contributed by atoms with Crippen LogP contribution in [-0.4, -0.2) is 86.2 Å². The molecule has 0 aromatic carbocycles. The summed E-state index contributed by atoms with van der Waals surface area (Å²) in [6.07, 6.45) is 0. The van der Waals surface area contributed by atoms with E-state index in [1.807, 2.05) is 0 Å². The van der Waals surface area contributed by atoms with Crippen molar-refractivity contribution in [3.63, 3.8) is 0 Å². The second kappa shape index (κ2) is 11.2. The van der Waals surface area contributed by atoms with Crippen molar-refractivity contribution < 1.29 is 19.2 Å². The Kier molecular flexibility index (Phi) is 10.5. The lowest BCUT2D eigenvalue weighted by molar-refractivity contribution is -0.141. The summed E-state index contributed by atoms with van der Waals surface area (Å²) in [6.45, 7) is 0.288. The number of rotatable bonds is 9. The molecular weight excluding hydrogens is 352 g/mol. The Balaban J connectivity index is 4.37. The number of hydrogen-bond acceptors (Lipinski definition) is 6. The molecule has 0 fully saturated rings. The second-order valence-electron chi connectivity index (χ2n) is 5.52. The van der Waals surface area contributed by atoms with Crippen LogP contribution >= 0.6 is 25.3 Å². The smallest absolute Gasteiger partial charge is 0.235 e. The normalized spacial score (nSPS) is 12.8. The Morgan fingerprint density at radius 3 is 1.25 bits per heavy atom. The molecule has 0 aliphatic heterocycles. The van der Waals surface area contributed by atoms with Gasteiger partial charge in [0, 0.05) is 52.8 Å². The first-order valence-electron chi connectivity index (χ1n) is 7.36. The summed E-state index contributed by atoms with van der Waals surface area (Å²) in [4.78, 5) is 50.2. The van der Waals surface area contributed by atoms with Gasteiger partial charge in [0.1, 0.15) is 11.8 Å². The molecule has 8 nitrogen and oxygen atoms in total. The maximum atomic E-state index is 12.0. The largest absolute Gasteiger partial charge is 0.354 e. The highest BCUT2D eigenvalue weighted by atomic mass is 32.1. The maximum Gasteiger partial charge on any atom is 0.235 e. The summed E-state index contributed by atoms with van der Waals surface area (Å²) < 4.78 is 0. The third kappa shape index (κ3) is 7.00. The van der Waals surface area contributed by atoms with Gasteiger partial charge in [-0.2, -0.15) is 25.3 Å². The van der Waals surface area contributed by atoms with Crippen LogP contribution in [0.5, 0.6) is 0 Å². The second-order valence-corrected chi connectivity index (χ2v) is 6.25. The average molecular weight is 379 g/mol. The molecule has 138 valence electrons. The molecule has 24 heavy (non-hydrogen) atoms. The van der Waals surface area contributed by atoms with Gasteiger partial charge in [0.25, 0.3) is 0 Å². The minimum atomic E-state index is -0.875. The summed E-state index contributed by atoms with van der Waals surface area (Å²) in [6, 6.07) is 0. The highest BCUT2D eigenvalue weighted by Crippen LogP contribution is 2.04. The molecule has 0 saturated heterocycles. The average Bonchev–Trinajstić information content (AvgIpc) is 2.52. The quantitative estimate of drug-likeness (QED) is 0.223. The van der Waals surface area contributed by atoms with Crippen LogP contribution in [0, 0.1) is 11.8 Å². The highest BCUT2D eigenvalue weighted by molar-refractivity contribution is 7.80. The van der Waals surface area contributed by atoms with Crippen molar-refractivity contribution in [3.8, 4) is 0 Å². The van der Waals surface area contributed by atoms with Crippen LogP contribution in [0.4, 0.5) is 0 Å². The molecule has 0 heterocycles. The number of nitrogens with zero attached hydrogens (tertiary/aromatic N) is 2. The van der Waals surface area contributed by atoms with E-state index in [1.54, 1.807) is 28.2 Å². The van der Waals surface area contributed by atoms with Crippen LogP contribution in [0.25, 0.3) is 0 Å². The summed E-state index contributed by atoms with van der Waals surface area (Å²) in [5.74, 6) is -3.14. The van der Waals surface area contributed by atoms with E-state index in [9.17, 15) is 19.2 Å². The van der Waals surface area contributed by atoms with Gasteiger partial charge in [-0.05, 0) is 0 Å². The van der Waals surface area contributed by atoms with Crippen molar-refractivity contribution in [1.29, 1.82) is 0 Å². The van der Waals surface area contributed by atoms with Crippen molar-refractivity contribution in [2.45, 2.75) is 0 Å². The lowest BCUT2D eigenvalue weighted by atomic mass is 10.1. The lowest BCUT2D eigenvalue weighted by Gasteiger charge is -2.19. The van der Waals surface area contributed by atoms with Crippen molar-refractivity contribution in [3.05, 3.63) is 0 Å². The molecule has 0 radical (unpaired) electrons. The molecule has 10 heteroatoms. The third-order valence-corrected chi connectivity index (χ3v) is 3.93. The van der Waals surface area contributed by atoms with E-state index < -0.39 is 23.7 Å². The van der Waals surface area contributed by atoms with Crippen molar-refractivity contribution >= 4 is 48.9 Å². The standard InChI is InChI=1S/C14H26N4O4S2/c1-17(2)13(21)9(7-23)11(19)15-5-6-16-12(20)10(8-24)14(22)18(3)4/h9-10,23-24H,5-8H2,1-4H3,(H,15,19)(H,16,20). The van der Waals surface area contributed by atoms with Gasteiger partial charge in [-0.1, -0.05) is 0 Å². The summed E-state index contributed by atoms with van der Waals surface area (Å²) in [5, 5.41) is 5.14. The number of carbonyl (C=O) groups excluding carboxylic acids is 4. The van der Waals surface area contributed by atoms with Crippen molar-refractivity contribution in [2.24, 2.45) is 11.8 Å².